The topological polar surface area (TPSA) is 127 Å². The quantitative estimate of drug-likeness (QED) is 0.163. The van der Waals surface area contributed by atoms with Crippen molar-refractivity contribution in [1.82, 2.24) is 35.6 Å². The summed E-state index contributed by atoms with van der Waals surface area (Å²) in [6.45, 7) is 30.6. The van der Waals surface area contributed by atoms with Gasteiger partial charge in [0, 0.05) is 67.1 Å². The number of rotatable bonds is 11. The molecule has 12 heteroatoms. The number of amides is 5. The van der Waals surface area contributed by atoms with Gasteiger partial charge in [-0.25, -0.2) is 9.59 Å². The van der Waals surface area contributed by atoms with E-state index < -0.39 is 5.60 Å². The first-order chi connectivity index (χ1) is 37.7. The van der Waals surface area contributed by atoms with Crippen LogP contribution < -0.4 is 16.0 Å². The van der Waals surface area contributed by atoms with E-state index in [4.69, 9.17) is 4.74 Å². The molecule has 4 saturated heterocycles. The molecule has 1 unspecified atom stereocenters. The zero-order chi connectivity index (χ0) is 56.5. The Hall–Kier alpha value is -5.20. The summed E-state index contributed by atoms with van der Waals surface area (Å²) in [4.78, 5) is 57.4. The maximum Gasteiger partial charge on any atom is 0.410 e. The SMILES string of the molecule is CC(=O)N[C@H]1CC2(CCN(CC(C)CCC=C(C)C)CC2)c2ccccc21.CC(=O)N[C@H]1CC2(CCN(CCC(C)C)CC2)c2ccccc21.CC(C)(C)OC(=O)N1CCC2(CC1)C[C@H](NC(=O)N1CCCC1)c1ccccc12.[HH].[HH].[HH]. The normalized spacial score (nSPS) is 22.9. The maximum absolute atomic E-state index is 12.7. The number of ether oxygens (including phenoxy) is 1. The number of piperidine rings is 3. The molecule has 4 fully saturated rings. The summed E-state index contributed by atoms with van der Waals surface area (Å²) in [5.74, 6) is 1.69. The van der Waals surface area contributed by atoms with E-state index in [1.165, 1.54) is 123 Å². The molecule has 79 heavy (non-hydrogen) atoms. The van der Waals surface area contributed by atoms with Crippen LogP contribution in [0.3, 0.4) is 0 Å². The number of carbonyl (C=O) groups excluding carboxylic acids is 4. The number of allylic oxidation sites excluding steroid dienone is 2. The van der Waals surface area contributed by atoms with Crippen molar-refractivity contribution in [2.45, 2.75) is 199 Å². The molecule has 7 aliphatic rings. The molecule has 4 heterocycles. The molecule has 3 aliphatic carbocycles. The van der Waals surface area contributed by atoms with Crippen molar-refractivity contribution in [3.8, 4) is 0 Å². The van der Waals surface area contributed by atoms with Crippen LogP contribution in [0.1, 0.15) is 215 Å². The average Bonchev–Trinajstić information content (AvgIpc) is 4.25. The summed E-state index contributed by atoms with van der Waals surface area (Å²) in [5, 5.41) is 9.65. The van der Waals surface area contributed by atoms with Crippen molar-refractivity contribution in [2.24, 2.45) is 11.8 Å². The molecule has 10 rings (SSSR count). The van der Waals surface area contributed by atoms with Crippen LogP contribution in [-0.4, -0.2) is 115 Å². The molecule has 3 aromatic rings. The molecule has 4 atom stereocenters. The van der Waals surface area contributed by atoms with Gasteiger partial charge in [0.05, 0.1) is 18.1 Å². The lowest BCUT2D eigenvalue weighted by molar-refractivity contribution is -0.120. The summed E-state index contributed by atoms with van der Waals surface area (Å²) in [7, 11) is 0. The summed E-state index contributed by atoms with van der Waals surface area (Å²) in [5.41, 5.74) is 9.76. The second-order valence-corrected chi connectivity index (χ2v) is 26.7. The maximum atomic E-state index is 12.7. The van der Waals surface area contributed by atoms with Crippen molar-refractivity contribution < 1.29 is 28.2 Å². The highest BCUT2D eigenvalue weighted by atomic mass is 16.6. The van der Waals surface area contributed by atoms with E-state index in [1.807, 2.05) is 30.6 Å². The van der Waals surface area contributed by atoms with Crippen molar-refractivity contribution in [1.29, 1.82) is 0 Å². The van der Waals surface area contributed by atoms with Crippen LogP contribution in [0.5, 0.6) is 0 Å². The average molecular weight is 1090 g/mol. The lowest BCUT2D eigenvalue weighted by atomic mass is 9.73. The van der Waals surface area contributed by atoms with Gasteiger partial charge in [-0.15, -0.1) is 0 Å². The van der Waals surface area contributed by atoms with Gasteiger partial charge >= 0.3 is 12.1 Å². The van der Waals surface area contributed by atoms with Gasteiger partial charge in [0.15, 0.2) is 0 Å². The zero-order valence-corrected chi connectivity index (χ0v) is 50.2. The van der Waals surface area contributed by atoms with Crippen molar-refractivity contribution >= 4 is 23.9 Å². The van der Waals surface area contributed by atoms with Crippen LogP contribution in [0.2, 0.25) is 0 Å². The van der Waals surface area contributed by atoms with Crippen LogP contribution >= 0.6 is 0 Å². The minimum atomic E-state index is -0.475. The number of likely N-dealkylation sites (tertiary alicyclic amines) is 4. The highest BCUT2D eigenvalue weighted by molar-refractivity contribution is 5.76. The van der Waals surface area contributed by atoms with Gasteiger partial charge in [-0.3, -0.25) is 9.59 Å². The van der Waals surface area contributed by atoms with Crippen LogP contribution in [0.25, 0.3) is 0 Å². The molecule has 0 radical (unpaired) electrons. The van der Waals surface area contributed by atoms with E-state index >= 15 is 0 Å². The molecule has 438 valence electrons. The number of fused-ring (bicyclic) bond motifs is 6. The fourth-order valence-corrected chi connectivity index (χ4v) is 14.6. The van der Waals surface area contributed by atoms with Crippen molar-refractivity contribution in [3.63, 3.8) is 0 Å². The zero-order valence-electron chi connectivity index (χ0n) is 50.2. The number of nitrogens with zero attached hydrogens (tertiary/aromatic N) is 4. The largest absolute Gasteiger partial charge is 0.444 e. The van der Waals surface area contributed by atoms with Crippen LogP contribution in [-0.2, 0) is 30.6 Å². The number of nitrogens with one attached hydrogen (secondary N) is 3. The van der Waals surface area contributed by atoms with E-state index in [1.54, 1.807) is 13.8 Å². The first-order valence-corrected chi connectivity index (χ1v) is 30.6. The predicted molar refractivity (Wildman–Crippen MR) is 325 cm³/mol. The summed E-state index contributed by atoms with van der Waals surface area (Å²) in [6, 6.07) is 26.5. The molecular formula is C67H105N7O5. The Morgan fingerprint density at radius 2 is 1.00 bits per heavy atom. The molecule has 3 N–H and O–H groups in total. The number of carbonyl (C=O) groups is 4. The molecule has 3 aromatic carbocycles. The lowest BCUT2D eigenvalue weighted by Gasteiger charge is -2.41. The van der Waals surface area contributed by atoms with E-state index in [2.05, 4.69) is 139 Å². The molecule has 0 aromatic heterocycles. The van der Waals surface area contributed by atoms with Gasteiger partial charge in [-0.1, -0.05) is 105 Å². The fraction of sp³-hybridized carbons (Fsp3) is 0.642. The second kappa shape index (κ2) is 26.1. The van der Waals surface area contributed by atoms with Crippen molar-refractivity contribution in [2.75, 3.05) is 65.4 Å². The minimum Gasteiger partial charge on any atom is -0.444 e. The summed E-state index contributed by atoms with van der Waals surface area (Å²) >= 11 is 0. The first kappa shape index (κ1) is 59.9. The van der Waals surface area contributed by atoms with Gasteiger partial charge in [-0.2, -0.15) is 0 Å². The molecular weight excluding hydrogens is 983 g/mol. The van der Waals surface area contributed by atoms with E-state index in [0.29, 0.717) is 13.1 Å². The number of hydrogen-bond acceptors (Lipinski definition) is 7. The van der Waals surface area contributed by atoms with Crippen LogP contribution in [0.4, 0.5) is 9.59 Å². The predicted octanol–water partition coefficient (Wildman–Crippen LogP) is 13.6. The van der Waals surface area contributed by atoms with Crippen LogP contribution in [0, 0.1) is 11.8 Å². The third-order valence-electron chi connectivity index (χ3n) is 18.8. The molecule has 4 aliphatic heterocycles. The summed E-state index contributed by atoms with van der Waals surface area (Å²) < 4.78 is 5.55. The third kappa shape index (κ3) is 15.0. The van der Waals surface area contributed by atoms with Gasteiger partial charge in [0.25, 0.3) is 0 Å². The Morgan fingerprint density at radius 3 is 1.42 bits per heavy atom. The standard InChI is InChI=1S/C24H36N2O.C23H33N3O3.C20H30N2O.3H2/c1-18(2)8-7-9-19(3)17-26-14-12-24(13-15-26)16-23(25-20(4)27)21-10-5-6-11-22(21)24;1-22(2,3)29-21(28)26-14-10-23(11-15-26)16-19(17-8-4-5-9-18(17)23)24-20(27)25-12-6-7-13-25;1-15(2)8-11-22-12-9-20(10-13-22)14-19(21-16(3)23)17-6-4-5-7-18(17)20;;;/h5-6,8,10-11,19,23H,7,9,12-17H2,1-4H3,(H,25,27);4-5,8-9,19H,6-7,10-16H2,1-3H3,(H,24,27);4-7,15,19H,8-14H2,1-3H3,(H,21,23);3*1H/t19?,23-;2*19-;;;/m000.../s1. The second-order valence-electron chi connectivity index (χ2n) is 26.7. The van der Waals surface area contributed by atoms with E-state index in [-0.39, 0.29) is 62.6 Å². The Labute approximate surface area is 480 Å². The monoisotopic (exact) mass is 1090 g/mol. The van der Waals surface area contributed by atoms with Gasteiger partial charge < -0.3 is 40.3 Å². The summed E-state index contributed by atoms with van der Waals surface area (Å²) in [6.07, 6.45) is 17.8. The first-order valence-electron chi connectivity index (χ1n) is 30.6. The Kier molecular flexibility index (Phi) is 19.8. The fourth-order valence-electron chi connectivity index (χ4n) is 14.6. The molecule has 3 spiro atoms. The number of urea groups is 1. The molecule has 0 bridgehead atoms. The minimum absolute atomic E-state index is 0. The van der Waals surface area contributed by atoms with Gasteiger partial charge in [-0.05, 0) is 202 Å². The Balaban J connectivity index is 0.000000223. The highest BCUT2D eigenvalue weighted by Gasteiger charge is 2.49. The third-order valence-corrected chi connectivity index (χ3v) is 18.8. The highest BCUT2D eigenvalue weighted by Crippen LogP contribution is 2.53. The van der Waals surface area contributed by atoms with E-state index in [0.717, 1.165) is 69.9 Å². The van der Waals surface area contributed by atoms with E-state index in [9.17, 15) is 19.2 Å². The lowest BCUT2D eigenvalue weighted by Crippen LogP contribution is -2.46. The Bertz CT molecular complexity index is 2590. The molecule has 12 nitrogen and oxygen atoms in total. The van der Waals surface area contributed by atoms with Crippen LogP contribution in [0.15, 0.2) is 84.4 Å². The van der Waals surface area contributed by atoms with Gasteiger partial charge in [0.1, 0.15) is 5.60 Å². The van der Waals surface area contributed by atoms with Crippen molar-refractivity contribution in [3.05, 3.63) is 118 Å². The number of hydrogen-bond donors (Lipinski definition) is 3. The van der Waals surface area contributed by atoms with Gasteiger partial charge in [0.2, 0.25) is 11.8 Å². The number of benzene rings is 3. The Morgan fingerprint density at radius 1 is 0.582 bits per heavy atom. The molecule has 0 saturated carbocycles. The molecule has 5 amide bonds. The smallest absolute Gasteiger partial charge is 0.410 e.